The van der Waals surface area contributed by atoms with E-state index in [0.717, 1.165) is 42.4 Å². The quantitative estimate of drug-likeness (QED) is 0.00775. The van der Waals surface area contributed by atoms with E-state index in [-0.39, 0.29) is 101 Å². The minimum atomic E-state index is -3.89. The van der Waals surface area contributed by atoms with E-state index in [4.69, 9.17) is 39.9 Å². The van der Waals surface area contributed by atoms with Crippen molar-refractivity contribution in [3.8, 4) is 0 Å². The molecule has 97 heavy (non-hydrogen) atoms. The fourth-order valence-corrected chi connectivity index (χ4v) is 13.9. The molecular formula is C67H96N16O12P2. The predicted molar refractivity (Wildman–Crippen MR) is 372 cm³/mol. The fraction of sp³-hybridized carbons (Fsp3) is 0.522. The lowest BCUT2D eigenvalue weighted by molar-refractivity contribution is -0.149. The average molecular weight is 1380 g/mol. The van der Waals surface area contributed by atoms with Crippen molar-refractivity contribution in [2.45, 2.75) is 163 Å². The number of nitrogens with zero attached hydrogens (tertiary/aromatic N) is 8. The molecule has 2 aliphatic carbocycles. The highest BCUT2D eigenvalue weighted by molar-refractivity contribution is 7.60. The Bertz CT molecular complexity index is 3690. The number of ether oxygens (including phenoxy) is 6. The van der Waals surface area contributed by atoms with Gasteiger partial charge < -0.3 is 59.7 Å². The van der Waals surface area contributed by atoms with Crippen molar-refractivity contribution in [2.24, 2.45) is 17.8 Å². The molecule has 0 radical (unpaired) electrons. The molecule has 9 rings (SSSR count). The number of hydrogen-bond acceptors (Lipinski definition) is 22. The van der Waals surface area contributed by atoms with Crippen molar-refractivity contribution in [1.29, 1.82) is 0 Å². The van der Waals surface area contributed by atoms with Crippen molar-refractivity contribution in [2.75, 3.05) is 67.8 Å². The summed E-state index contributed by atoms with van der Waals surface area (Å²) in [6, 6.07) is 24.9. The molecule has 4 aromatic heterocycles. The minimum absolute atomic E-state index is 0.0982. The van der Waals surface area contributed by atoms with Crippen molar-refractivity contribution in [1.82, 2.24) is 59.4 Å². The number of rotatable bonds is 39. The number of nitrogen functional groups attached to an aromatic ring is 2. The van der Waals surface area contributed by atoms with Crippen LogP contribution in [0.4, 0.5) is 23.5 Å². The minimum Gasteiger partial charge on any atom is -0.464 e. The van der Waals surface area contributed by atoms with Gasteiger partial charge >= 0.3 is 23.9 Å². The lowest BCUT2D eigenvalue weighted by Gasteiger charge is -2.29. The highest BCUT2D eigenvalue weighted by Gasteiger charge is 2.38. The zero-order chi connectivity index (χ0) is 69.7. The van der Waals surface area contributed by atoms with Crippen LogP contribution < -0.4 is 42.5 Å². The number of anilines is 4. The van der Waals surface area contributed by atoms with E-state index in [1.165, 1.54) is 0 Å². The van der Waals surface area contributed by atoms with Crippen molar-refractivity contribution < 1.29 is 56.7 Å². The highest BCUT2D eigenvalue weighted by Crippen LogP contribution is 2.40. The van der Waals surface area contributed by atoms with Crippen molar-refractivity contribution in [3.63, 3.8) is 0 Å². The molecular weight excluding hydrogens is 1280 g/mol. The molecule has 2 saturated carbocycles. The molecule has 30 heteroatoms. The monoisotopic (exact) mass is 1380 g/mol. The molecule has 0 saturated heterocycles. The Morgan fingerprint density at radius 3 is 1.15 bits per heavy atom. The molecule has 4 heterocycles. The number of imidazole rings is 2. The molecule has 5 unspecified atom stereocenters. The van der Waals surface area contributed by atoms with Gasteiger partial charge in [0.2, 0.25) is 26.8 Å². The van der Waals surface area contributed by atoms with Gasteiger partial charge in [0.15, 0.2) is 34.0 Å². The Balaban J connectivity index is 0.000000250. The third kappa shape index (κ3) is 24.5. The Morgan fingerprint density at radius 2 is 0.835 bits per heavy atom. The number of esters is 4. The predicted octanol–water partition coefficient (Wildman–Crippen LogP) is 8.43. The molecule has 0 aliphatic heterocycles. The van der Waals surface area contributed by atoms with Crippen molar-refractivity contribution >= 4 is 84.6 Å². The highest BCUT2D eigenvalue weighted by atomic mass is 31.2. The van der Waals surface area contributed by atoms with E-state index in [9.17, 15) is 23.7 Å². The SMILES string of the molecule is CC(C)COC(=O)C(Cc1ccccc1)NP(=O)(COCCn1cnc2c(NC3CC3)nc(N)nc21)NC(C)C(=O)OC(C)C.CC(C)COC(=O)C(Cc1ccccc1)NP(=O)(COCCn1cnc2c(NC3CC3)nc(N)nc21)NC(Cc1ccccc1)C(=O)OCC(C)C. The third-order valence-corrected chi connectivity index (χ3v) is 19.0. The molecule has 5 atom stereocenters. The summed E-state index contributed by atoms with van der Waals surface area (Å²) in [5.74, 6) is -0.497. The Labute approximate surface area is 567 Å². The second-order valence-corrected chi connectivity index (χ2v) is 30.5. The summed E-state index contributed by atoms with van der Waals surface area (Å²) in [6.45, 7) is 18.1. The number of fused-ring (bicyclic) bond motifs is 2. The van der Waals surface area contributed by atoms with Crippen LogP contribution in [0.1, 0.15) is 105 Å². The summed E-state index contributed by atoms with van der Waals surface area (Å²) in [7, 11) is -7.64. The number of carbonyl (C=O) groups excluding carboxylic acids is 4. The van der Waals surface area contributed by atoms with Crippen LogP contribution in [0.2, 0.25) is 0 Å². The number of nitrogens with two attached hydrogens (primary N) is 2. The maximum absolute atomic E-state index is 15.0. The maximum atomic E-state index is 15.0. The summed E-state index contributed by atoms with van der Waals surface area (Å²) < 4.78 is 67.1. The molecule has 526 valence electrons. The zero-order valence-corrected chi connectivity index (χ0v) is 58.7. The summed E-state index contributed by atoms with van der Waals surface area (Å²) in [6.07, 6.45) is 7.10. The second kappa shape index (κ2) is 36.1. The van der Waals surface area contributed by atoms with Gasteiger partial charge in [-0.2, -0.15) is 19.9 Å². The van der Waals surface area contributed by atoms with Gasteiger partial charge in [0.25, 0.3) is 0 Å². The van der Waals surface area contributed by atoms with Gasteiger partial charge in [-0.25, -0.2) is 30.3 Å². The van der Waals surface area contributed by atoms with E-state index in [1.54, 1.807) is 42.6 Å². The van der Waals surface area contributed by atoms with Crippen LogP contribution in [-0.4, -0.2) is 151 Å². The lowest BCUT2D eigenvalue weighted by atomic mass is 10.1. The van der Waals surface area contributed by atoms with Crippen LogP contribution in [0.15, 0.2) is 104 Å². The number of nitrogens with one attached hydrogen (secondary N) is 6. The van der Waals surface area contributed by atoms with Crippen LogP contribution in [0.3, 0.4) is 0 Å². The molecule has 2 aliphatic rings. The van der Waals surface area contributed by atoms with Gasteiger partial charge in [0.05, 0.1) is 51.8 Å². The van der Waals surface area contributed by atoms with Crippen LogP contribution >= 0.6 is 14.9 Å². The van der Waals surface area contributed by atoms with Gasteiger partial charge in [0.1, 0.15) is 36.9 Å². The first-order chi connectivity index (χ1) is 46.4. The molecule has 0 bridgehead atoms. The van der Waals surface area contributed by atoms with Gasteiger partial charge in [-0.3, -0.25) is 28.3 Å². The molecule has 3 aromatic carbocycles. The van der Waals surface area contributed by atoms with Crippen LogP contribution in [0.5, 0.6) is 0 Å². The zero-order valence-electron chi connectivity index (χ0n) is 56.9. The van der Waals surface area contributed by atoms with E-state index < -0.39 is 62.9 Å². The maximum Gasteiger partial charge on any atom is 0.323 e. The lowest BCUT2D eigenvalue weighted by Crippen LogP contribution is -2.46. The second-order valence-electron chi connectivity index (χ2n) is 26.0. The van der Waals surface area contributed by atoms with Gasteiger partial charge in [-0.05, 0) is 100 Å². The van der Waals surface area contributed by atoms with E-state index in [0.29, 0.717) is 59.1 Å². The third-order valence-electron chi connectivity index (χ3n) is 14.9. The number of hydrogen-bond donors (Lipinski definition) is 8. The Kier molecular flexibility index (Phi) is 27.8. The first kappa shape index (κ1) is 74.8. The van der Waals surface area contributed by atoms with Crippen LogP contribution in [0, 0.1) is 17.8 Å². The largest absolute Gasteiger partial charge is 0.464 e. The normalized spacial score (nSPS) is 15.6. The average Bonchev–Trinajstić information content (AvgIpc) is 1.67. The standard InChI is InChI=1S/C37H51N8O6P.C30H45N8O6P/c1-25(2)21-50-35(46)30(19-27-11-7-5-8-12-27)43-52(48,44-31(36(47)51-22-26(3)4)20-28-13-9-6-10-14-28)24-49-18-17-45-23-39-32-33(40-29-15-16-29)41-37(38)42-34(32)45;1-19(2)16-43-29(40)24(15-22-9-7-6-8-10-22)37-45(41,36-21(5)28(39)44-20(3)4)18-42-14-13-38-17-32-25-26(33-23-11-12-23)34-30(31)35-27(25)38/h5-14,23,25-26,29-31H,15-22,24H2,1-4H3,(H2,43,44,48)(H3,38,40,41,42);6-10,17,19-21,23-24H,11-16,18H2,1-5H3,(H2,36,37,41)(H3,31,33,34,35). The van der Waals surface area contributed by atoms with Crippen LogP contribution in [0.25, 0.3) is 22.3 Å². The first-order valence-electron chi connectivity index (χ1n) is 33.2. The molecule has 10 N–H and O–H groups in total. The van der Waals surface area contributed by atoms with Crippen LogP contribution in [-0.2, 0) is 89.1 Å². The molecule has 2 fully saturated rings. The van der Waals surface area contributed by atoms with E-state index >= 15 is 4.57 Å². The number of benzene rings is 3. The number of aromatic nitrogens is 8. The summed E-state index contributed by atoms with van der Waals surface area (Å²) in [5, 5.41) is 18.7. The van der Waals surface area contributed by atoms with E-state index in [2.05, 4.69) is 60.9 Å². The smallest absolute Gasteiger partial charge is 0.323 e. The van der Waals surface area contributed by atoms with E-state index in [1.807, 2.05) is 133 Å². The Morgan fingerprint density at radius 1 is 0.495 bits per heavy atom. The topological polar surface area (TPSA) is 369 Å². The Hall–Kier alpha value is -7.94. The van der Waals surface area contributed by atoms with Gasteiger partial charge in [0, 0.05) is 25.2 Å². The molecule has 7 aromatic rings. The fourth-order valence-electron chi connectivity index (χ4n) is 9.83. The molecule has 0 spiro atoms. The van der Waals surface area contributed by atoms with Gasteiger partial charge in [-0.15, -0.1) is 0 Å². The number of carbonyl (C=O) groups is 4. The molecule has 0 amide bonds. The summed E-state index contributed by atoms with van der Waals surface area (Å²) >= 11 is 0. The summed E-state index contributed by atoms with van der Waals surface area (Å²) in [4.78, 5) is 79.3. The molecule has 28 nitrogen and oxygen atoms in total. The van der Waals surface area contributed by atoms with Crippen molar-refractivity contribution in [3.05, 3.63) is 120 Å². The van der Waals surface area contributed by atoms with Gasteiger partial charge in [-0.1, -0.05) is 133 Å². The summed E-state index contributed by atoms with van der Waals surface area (Å²) in [5.41, 5.74) is 16.8. The first-order valence-corrected chi connectivity index (χ1v) is 36.9.